The Labute approximate surface area is 145 Å². The third kappa shape index (κ3) is 4.85. The lowest BCUT2D eigenvalue weighted by atomic mass is 10.1. The zero-order chi connectivity index (χ0) is 18.4. The molecule has 2 N–H and O–H groups in total. The number of nitro groups is 1. The molecule has 0 radical (unpaired) electrons. The minimum atomic E-state index is -3.94. The van der Waals surface area contributed by atoms with E-state index in [-0.39, 0.29) is 16.1 Å². The molecule has 0 aliphatic rings. The zero-order valence-corrected chi connectivity index (χ0v) is 14.2. The molecule has 0 spiro atoms. The summed E-state index contributed by atoms with van der Waals surface area (Å²) in [5, 5.41) is 10.7. The molecule has 9 heteroatoms. The van der Waals surface area contributed by atoms with E-state index in [4.69, 9.17) is 0 Å². The van der Waals surface area contributed by atoms with Crippen LogP contribution < -0.4 is 10.3 Å². The van der Waals surface area contributed by atoms with Crippen molar-refractivity contribution in [3.63, 3.8) is 0 Å². The molecule has 0 aliphatic carbocycles. The number of carbonyl (C=O) groups is 1. The number of nitrogens with one attached hydrogen (secondary N) is 2. The van der Waals surface area contributed by atoms with Gasteiger partial charge in [-0.05, 0) is 30.2 Å². The summed E-state index contributed by atoms with van der Waals surface area (Å²) in [5.74, 6) is -0.796. The summed E-state index contributed by atoms with van der Waals surface area (Å²) in [6, 6.07) is 11.3. The zero-order valence-electron chi connectivity index (χ0n) is 13.4. The first-order valence-corrected chi connectivity index (χ1v) is 8.97. The largest absolute Gasteiger partial charge is 0.273 e. The van der Waals surface area contributed by atoms with Gasteiger partial charge in [0.25, 0.3) is 21.6 Å². The molecule has 0 aliphatic heterocycles. The van der Waals surface area contributed by atoms with E-state index in [0.717, 1.165) is 24.5 Å². The molecule has 25 heavy (non-hydrogen) atoms. The van der Waals surface area contributed by atoms with Crippen LogP contribution in [-0.2, 0) is 16.4 Å². The second-order valence-corrected chi connectivity index (χ2v) is 6.94. The summed E-state index contributed by atoms with van der Waals surface area (Å²) >= 11 is 0. The van der Waals surface area contributed by atoms with Crippen molar-refractivity contribution in [2.24, 2.45) is 0 Å². The molecule has 1 amide bonds. The predicted molar refractivity (Wildman–Crippen MR) is 91.3 cm³/mol. The fourth-order valence-electron chi connectivity index (χ4n) is 2.13. The Morgan fingerprint density at radius 1 is 1.16 bits per heavy atom. The first-order chi connectivity index (χ1) is 11.8. The normalized spacial score (nSPS) is 11.1. The molecule has 0 saturated heterocycles. The van der Waals surface area contributed by atoms with E-state index in [1.165, 1.54) is 30.3 Å². The predicted octanol–water partition coefficient (Wildman–Crippen LogP) is 2.17. The van der Waals surface area contributed by atoms with Crippen molar-refractivity contribution >= 4 is 21.6 Å². The third-order valence-electron chi connectivity index (χ3n) is 3.39. The van der Waals surface area contributed by atoms with Crippen molar-refractivity contribution in [2.45, 2.75) is 24.7 Å². The van der Waals surface area contributed by atoms with Crippen molar-refractivity contribution in [2.75, 3.05) is 0 Å². The fourth-order valence-corrected chi connectivity index (χ4v) is 2.97. The van der Waals surface area contributed by atoms with Gasteiger partial charge >= 0.3 is 0 Å². The summed E-state index contributed by atoms with van der Waals surface area (Å²) in [4.78, 5) is 24.0. The number of rotatable bonds is 7. The average molecular weight is 363 g/mol. The Balaban J connectivity index is 2.07. The SMILES string of the molecule is CCCc1ccc(S(=O)(=O)NNC(=O)c2cccc([N+](=O)[O-])c2)cc1. The smallest absolute Gasteiger partial charge is 0.270 e. The highest BCUT2D eigenvalue weighted by molar-refractivity contribution is 7.89. The Hall–Kier alpha value is -2.78. The molecule has 2 rings (SSSR count). The van der Waals surface area contributed by atoms with E-state index in [2.05, 4.69) is 0 Å². The van der Waals surface area contributed by atoms with Gasteiger partial charge in [0.05, 0.1) is 9.82 Å². The van der Waals surface area contributed by atoms with Gasteiger partial charge in [0.2, 0.25) is 0 Å². The first-order valence-electron chi connectivity index (χ1n) is 7.49. The monoisotopic (exact) mass is 363 g/mol. The number of hydrogen-bond acceptors (Lipinski definition) is 5. The van der Waals surface area contributed by atoms with Crippen LogP contribution in [0.3, 0.4) is 0 Å². The number of aryl methyl sites for hydroxylation is 1. The Kier molecular flexibility index (Phi) is 5.84. The summed E-state index contributed by atoms with van der Waals surface area (Å²) in [6.45, 7) is 2.02. The number of sulfonamides is 1. The first kappa shape index (κ1) is 18.6. The van der Waals surface area contributed by atoms with Gasteiger partial charge in [0.1, 0.15) is 0 Å². The molecule has 2 aromatic rings. The molecular weight excluding hydrogens is 346 g/mol. The standard InChI is InChI=1S/C16H17N3O5S/c1-2-4-12-7-9-15(10-8-12)25(23,24)18-17-16(20)13-5-3-6-14(11-13)19(21)22/h3,5-11,18H,2,4H2,1H3,(H,17,20). The van der Waals surface area contributed by atoms with Crippen molar-refractivity contribution in [3.05, 3.63) is 69.8 Å². The molecule has 0 fully saturated rings. The van der Waals surface area contributed by atoms with E-state index >= 15 is 0 Å². The van der Waals surface area contributed by atoms with Crippen LogP contribution in [0.1, 0.15) is 29.3 Å². The van der Waals surface area contributed by atoms with E-state index in [0.29, 0.717) is 0 Å². The summed E-state index contributed by atoms with van der Waals surface area (Å²) < 4.78 is 24.4. The van der Waals surface area contributed by atoms with Crippen LogP contribution in [0.2, 0.25) is 0 Å². The molecule has 8 nitrogen and oxygen atoms in total. The number of benzene rings is 2. The van der Waals surface area contributed by atoms with Crippen LogP contribution in [0, 0.1) is 10.1 Å². The van der Waals surface area contributed by atoms with Crippen molar-refractivity contribution < 1.29 is 18.1 Å². The van der Waals surface area contributed by atoms with Gasteiger partial charge in [0.15, 0.2) is 0 Å². The average Bonchev–Trinajstić information content (AvgIpc) is 2.60. The van der Waals surface area contributed by atoms with Gasteiger partial charge in [-0.25, -0.2) is 8.42 Å². The molecule has 0 unspecified atom stereocenters. The van der Waals surface area contributed by atoms with Crippen LogP contribution in [0.4, 0.5) is 5.69 Å². The number of hydrogen-bond donors (Lipinski definition) is 2. The highest BCUT2D eigenvalue weighted by Crippen LogP contribution is 2.14. The van der Waals surface area contributed by atoms with Crippen LogP contribution >= 0.6 is 0 Å². The lowest BCUT2D eigenvalue weighted by Crippen LogP contribution is -2.41. The lowest BCUT2D eigenvalue weighted by Gasteiger charge is -2.09. The van der Waals surface area contributed by atoms with Crippen LogP contribution in [0.15, 0.2) is 53.4 Å². The van der Waals surface area contributed by atoms with Crippen molar-refractivity contribution in [1.82, 2.24) is 10.3 Å². The van der Waals surface area contributed by atoms with Crippen molar-refractivity contribution in [3.8, 4) is 0 Å². The number of amides is 1. The lowest BCUT2D eigenvalue weighted by molar-refractivity contribution is -0.384. The maximum atomic E-state index is 12.2. The molecule has 0 aromatic heterocycles. The quantitative estimate of drug-likeness (QED) is 0.577. The summed E-state index contributed by atoms with van der Waals surface area (Å²) in [6.07, 6.45) is 1.79. The number of carbonyl (C=O) groups excluding carboxylic acids is 1. The van der Waals surface area contributed by atoms with Crippen molar-refractivity contribution in [1.29, 1.82) is 0 Å². The Morgan fingerprint density at radius 2 is 1.84 bits per heavy atom. The van der Waals surface area contributed by atoms with E-state index < -0.39 is 20.9 Å². The van der Waals surface area contributed by atoms with E-state index in [1.54, 1.807) is 12.1 Å². The highest BCUT2D eigenvalue weighted by Gasteiger charge is 2.17. The fraction of sp³-hybridized carbons (Fsp3) is 0.188. The second kappa shape index (κ2) is 7.86. The molecule has 0 saturated carbocycles. The number of nitrogens with zero attached hydrogens (tertiary/aromatic N) is 1. The van der Waals surface area contributed by atoms with Gasteiger partial charge < -0.3 is 0 Å². The number of non-ortho nitro benzene ring substituents is 1. The van der Waals surface area contributed by atoms with Gasteiger partial charge in [-0.1, -0.05) is 31.5 Å². The maximum Gasteiger partial charge on any atom is 0.270 e. The molecule has 132 valence electrons. The second-order valence-electron chi connectivity index (χ2n) is 5.26. The molecule has 2 aromatic carbocycles. The summed E-state index contributed by atoms with van der Waals surface area (Å²) in [5.41, 5.74) is 2.77. The Morgan fingerprint density at radius 3 is 2.44 bits per heavy atom. The maximum absolute atomic E-state index is 12.2. The summed E-state index contributed by atoms with van der Waals surface area (Å²) in [7, 11) is -3.94. The van der Waals surface area contributed by atoms with Crippen LogP contribution in [0.5, 0.6) is 0 Å². The van der Waals surface area contributed by atoms with Gasteiger partial charge in [-0.3, -0.25) is 20.3 Å². The minimum Gasteiger partial charge on any atom is -0.273 e. The van der Waals surface area contributed by atoms with Gasteiger partial charge in [0, 0.05) is 17.7 Å². The van der Waals surface area contributed by atoms with E-state index in [9.17, 15) is 23.3 Å². The molecule has 0 atom stereocenters. The Bertz CT molecular complexity index is 879. The molecule has 0 bridgehead atoms. The minimum absolute atomic E-state index is 0.00620. The third-order valence-corrected chi connectivity index (χ3v) is 4.65. The molecule has 0 heterocycles. The topological polar surface area (TPSA) is 118 Å². The number of hydrazine groups is 1. The van der Waals surface area contributed by atoms with Gasteiger partial charge in [-0.15, -0.1) is 4.83 Å². The number of nitro benzene ring substituents is 1. The highest BCUT2D eigenvalue weighted by atomic mass is 32.2. The molecular formula is C16H17N3O5S. The van der Waals surface area contributed by atoms with Gasteiger partial charge in [-0.2, -0.15) is 0 Å². The van der Waals surface area contributed by atoms with Crippen LogP contribution in [-0.4, -0.2) is 19.2 Å². The van der Waals surface area contributed by atoms with Crippen LogP contribution in [0.25, 0.3) is 0 Å². The van der Waals surface area contributed by atoms with E-state index in [1.807, 2.05) is 17.2 Å².